The van der Waals surface area contributed by atoms with Crippen LogP contribution >= 0.6 is 11.8 Å². The van der Waals surface area contributed by atoms with Gasteiger partial charge in [-0.1, -0.05) is 42.1 Å². The lowest BCUT2D eigenvalue weighted by molar-refractivity contribution is -0.141. The summed E-state index contributed by atoms with van der Waals surface area (Å²) in [7, 11) is 1.24. The maximum absolute atomic E-state index is 14.1. The van der Waals surface area contributed by atoms with E-state index in [1.54, 1.807) is 47.4 Å². The topological polar surface area (TPSA) is 81.5 Å². The molecule has 7 nitrogen and oxygen atoms in total. The fourth-order valence-corrected chi connectivity index (χ4v) is 4.30. The lowest BCUT2D eigenvalue weighted by atomic mass is 10.2. The third-order valence-corrected chi connectivity index (χ3v) is 6.23. The van der Waals surface area contributed by atoms with Gasteiger partial charge in [-0.05, 0) is 31.0 Å². The molecule has 4 rings (SSSR count). The van der Waals surface area contributed by atoms with Crippen LogP contribution in [-0.4, -0.2) is 45.2 Å². The standard InChI is InChI=1S/C23H22FN3O4S/c1-31-21(29)13-27-22(30)17-7-3-5-9-19(17)25-23(27)32-14-20(28)26(16-10-11-16)12-15-6-2-4-8-18(15)24/h2-9,16H,10-14H2,1H3. The third kappa shape index (κ3) is 4.83. The summed E-state index contributed by atoms with van der Waals surface area (Å²) in [5, 5.41) is 0.639. The van der Waals surface area contributed by atoms with Crippen molar-refractivity contribution in [3.8, 4) is 0 Å². The number of fused-ring (bicyclic) bond motifs is 1. The Kier molecular flexibility index (Phi) is 6.55. The zero-order chi connectivity index (χ0) is 22.7. The zero-order valence-corrected chi connectivity index (χ0v) is 18.3. The number of hydrogen-bond acceptors (Lipinski definition) is 6. The van der Waals surface area contributed by atoms with Crippen LogP contribution in [0.15, 0.2) is 58.5 Å². The number of thioether (sulfide) groups is 1. The predicted octanol–water partition coefficient (Wildman–Crippen LogP) is 2.99. The summed E-state index contributed by atoms with van der Waals surface area (Å²) >= 11 is 1.08. The van der Waals surface area contributed by atoms with Crippen molar-refractivity contribution in [3.63, 3.8) is 0 Å². The number of esters is 1. The molecular weight excluding hydrogens is 433 g/mol. The number of rotatable bonds is 8. The lowest BCUT2D eigenvalue weighted by Crippen LogP contribution is -2.34. The number of carbonyl (C=O) groups excluding carboxylic acids is 2. The van der Waals surface area contributed by atoms with Gasteiger partial charge in [-0.2, -0.15) is 0 Å². The first-order valence-electron chi connectivity index (χ1n) is 10.2. The van der Waals surface area contributed by atoms with Crippen molar-refractivity contribution in [2.75, 3.05) is 12.9 Å². The summed E-state index contributed by atoms with van der Waals surface area (Å²) in [5.41, 5.74) is 0.574. The highest BCUT2D eigenvalue weighted by molar-refractivity contribution is 7.99. The largest absolute Gasteiger partial charge is 0.468 e. The maximum Gasteiger partial charge on any atom is 0.325 e. The van der Waals surface area contributed by atoms with E-state index in [0.717, 1.165) is 24.6 Å². The van der Waals surface area contributed by atoms with Crippen LogP contribution in [0.2, 0.25) is 0 Å². The molecule has 1 heterocycles. The number of methoxy groups -OCH3 is 1. The molecule has 0 N–H and O–H groups in total. The smallest absolute Gasteiger partial charge is 0.325 e. The Labute approximate surface area is 188 Å². The zero-order valence-electron chi connectivity index (χ0n) is 17.5. The van der Waals surface area contributed by atoms with Crippen molar-refractivity contribution in [1.29, 1.82) is 0 Å². The summed E-state index contributed by atoms with van der Waals surface area (Å²) in [4.78, 5) is 44.0. The van der Waals surface area contributed by atoms with Crippen molar-refractivity contribution in [2.24, 2.45) is 0 Å². The molecule has 0 radical (unpaired) electrons. The monoisotopic (exact) mass is 455 g/mol. The van der Waals surface area contributed by atoms with Gasteiger partial charge in [-0.15, -0.1) is 0 Å². The molecule has 1 aliphatic carbocycles. The molecule has 166 valence electrons. The molecule has 0 bridgehead atoms. The van der Waals surface area contributed by atoms with E-state index in [1.807, 2.05) is 0 Å². The quantitative estimate of drug-likeness (QED) is 0.295. The van der Waals surface area contributed by atoms with Crippen LogP contribution in [0.25, 0.3) is 10.9 Å². The Morgan fingerprint density at radius 2 is 1.91 bits per heavy atom. The number of para-hydroxylation sites is 1. The molecule has 9 heteroatoms. The number of carbonyl (C=O) groups is 2. The van der Waals surface area contributed by atoms with Gasteiger partial charge in [0.05, 0.1) is 23.8 Å². The SMILES string of the molecule is COC(=O)Cn1c(SCC(=O)N(Cc2ccccc2F)C2CC2)nc2ccccc2c1=O. The molecule has 0 saturated heterocycles. The van der Waals surface area contributed by atoms with Gasteiger partial charge in [-0.25, -0.2) is 9.37 Å². The molecule has 1 fully saturated rings. The van der Waals surface area contributed by atoms with Gasteiger partial charge in [0.15, 0.2) is 5.16 Å². The van der Waals surface area contributed by atoms with Crippen LogP contribution in [0.5, 0.6) is 0 Å². The highest BCUT2D eigenvalue weighted by Gasteiger charge is 2.33. The molecule has 1 amide bonds. The van der Waals surface area contributed by atoms with Gasteiger partial charge in [0.2, 0.25) is 5.91 Å². The lowest BCUT2D eigenvalue weighted by Gasteiger charge is -2.23. The van der Waals surface area contributed by atoms with E-state index >= 15 is 0 Å². The van der Waals surface area contributed by atoms with Gasteiger partial charge in [0, 0.05) is 18.2 Å². The molecule has 0 unspecified atom stereocenters. The minimum Gasteiger partial charge on any atom is -0.468 e. The molecular formula is C23H22FN3O4S. The van der Waals surface area contributed by atoms with Gasteiger partial charge in [0.1, 0.15) is 12.4 Å². The Balaban J connectivity index is 1.57. The molecule has 0 atom stereocenters. The summed E-state index contributed by atoms with van der Waals surface area (Å²) in [6, 6.07) is 13.3. The molecule has 3 aromatic rings. The van der Waals surface area contributed by atoms with Crippen LogP contribution in [0, 0.1) is 5.82 Å². The highest BCUT2D eigenvalue weighted by atomic mass is 32.2. The van der Waals surface area contributed by atoms with Crippen molar-refractivity contribution in [3.05, 3.63) is 70.3 Å². The number of halogens is 1. The minimum atomic E-state index is -0.587. The summed E-state index contributed by atoms with van der Waals surface area (Å²) in [5.74, 6) is -1.09. The molecule has 2 aromatic carbocycles. The second-order valence-electron chi connectivity index (χ2n) is 7.51. The first kappa shape index (κ1) is 22.0. The maximum atomic E-state index is 14.1. The van der Waals surface area contributed by atoms with E-state index < -0.39 is 5.97 Å². The Morgan fingerprint density at radius 3 is 2.62 bits per heavy atom. The number of aromatic nitrogens is 2. The van der Waals surface area contributed by atoms with E-state index in [9.17, 15) is 18.8 Å². The van der Waals surface area contributed by atoms with Gasteiger partial charge >= 0.3 is 5.97 Å². The van der Waals surface area contributed by atoms with E-state index in [2.05, 4.69) is 4.98 Å². The fraction of sp³-hybridized carbons (Fsp3) is 0.304. The van der Waals surface area contributed by atoms with Crippen molar-refractivity contribution >= 4 is 34.5 Å². The van der Waals surface area contributed by atoms with Crippen molar-refractivity contribution < 1.29 is 18.7 Å². The number of hydrogen-bond donors (Lipinski definition) is 0. The summed E-state index contributed by atoms with van der Waals surface area (Å²) in [6.45, 7) is -0.109. The Hall–Kier alpha value is -3.20. The fourth-order valence-electron chi connectivity index (χ4n) is 3.42. The summed E-state index contributed by atoms with van der Waals surface area (Å²) < 4.78 is 20.1. The predicted molar refractivity (Wildman–Crippen MR) is 119 cm³/mol. The van der Waals surface area contributed by atoms with Crippen molar-refractivity contribution in [1.82, 2.24) is 14.5 Å². The molecule has 0 spiro atoms. The molecule has 32 heavy (non-hydrogen) atoms. The van der Waals surface area contributed by atoms with E-state index in [1.165, 1.54) is 17.7 Å². The average molecular weight is 456 g/mol. The second-order valence-corrected chi connectivity index (χ2v) is 8.45. The van der Waals surface area contributed by atoms with Crippen LogP contribution in [0.4, 0.5) is 4.39 Å². The first-order chi connectivity index (χ1) is 15.5. The number of ether oxygens (including phenoxy) is 1. The average Bonchev–Trinajstić information content (AvgIpc) is 3.64. The Morgan fingerprint density at radius 1 is 1.19 bits per heavy atom. The number of amides is 1. The van der Waals surface area contributed by atoms with E-state index in [-0.39, 0.29) is 47.3 Å². The van der Waals surface area contributed by atoms with Gasteiger partial charge in [-0.3, -0.25) is 19.0 Å². The van der Waals surface area contributed by atoms with Crippen molar-refractivity contribution in [2.45, 2.75) is 37.1 Å². The van der Waals surface area contributed by atoms with Gasteiger partial charge in [0.25, 0.3) is 5.56 Å². The molecule has 1 saturated carbocycles. The molecule has 1 aliphatic rings. The minimum absolute atomic E-state index is 0.0108. The number of benzene rings is 2. The first-order valence-corrected chi connectivity index (χ1v) is 11.2. The molecule has 1 aromatic heterocycles. The van der Waals surface area contributed by atoms with E-state index in [0.29, 0.717) is 16.5 Å². The van der Waals surface area contributed by atoms with E-state index in [4.69, 9.17) is 4.74 Å². The third-order valence-electron chi connectivity index (χ3n) is 5.27. The van der Waals surface area contributed by atoms with Gasteiger partial charge < -0.3 is 9.64 Å². The number of nitrogens with zero attached hydrogens (tertiary/aromatic N) is 3. The highest BCUT2D eigenvalue weighted by Crippen LogP contribution is 2.30. The van der Waals surface area contributed by atoms with Crippen LogP contribution in [-0.2, 0) is 27.4 Å². The second kappa shape index (κ2) is 9.52. The Bertz CT molecular complexity index is 1230. The van der Waals surface area contributed by atoms with Crippen LogP contribution in [0.3, 0.4) is 0 Å². The van der Waals surface area contributed by atoms with Crippen LogP contribution < -0.4 is 5.56 Å². The van der Waals surface area contributed by atoms with Crippen LogP contribution in [0.1, 0.15) is 18.4 Å². The molecule has 0 aliphatic heterocycles. The summed E-state index contributed by atoms with van der Waals surface area (Å²) in [6.07, 6.45) is 1.76. The normalized spacial score (nSPS) is 13.2.